The van der Waals surface area contributed by atoms with Crippen LogP contribution in [0.2, 0.25) is 0 Å². The van der Waals surface area contributed by atoms with Crippen molar-refractivity contribution in [2.75, 3.05) is 37.6 Å². The molecule has 1 aliphatic rings. The number of hydrogen-bond acceptors (Lipinski definition) is 4. The van der Waals surface area contributed by atoms with Gasteiger partial charge in [0.05, 0.1) is 6.04 Å². The van der Waals surface area contributed by atoms with Crippen LogP contribution >= 0.6 is 0 Å². The van der Waals surface area contributed by atoms with Gasteiger partial charge in [-0.1, -0.05) is 12.1 Å². The second-order valence-electron chi connectivity index (χ2n) is 4.92. The van der Waals surface area contributed by atoms with E-state index in [1.807, 2.05) is 31.3 Å². The number of anilines is 1. The van der Waals surface area contributed by atoms with E-state index in [1.54, 1.807) is 6.08 Å². The van der Waals surface area contributed by atoms with E-state index < -0.39 is 0 Å². The van der Waals surface area contributed by atoms with Gasteiger partial charge in [0.25, 0.3) is 0 Å². The van der Waals surface area contributed by atoms with E-state index in [1.165, 1.54) is 0 Å². The Balaban J connectivity index is 1.84. The van der Waals surface area contributed by atoms with Crippen LogP contribution in [0.15, 0.2) is 37.1 Å². The largest absolute Gasteiger partial charge is 0.354 e. The third-order valence-corrected chi connectivity index (χ3v) is 3.64. The fourth-order valence-corrected chi connectivity index (χ4v) is 2.37. The molecule has 0 aliphatic carbocycles. The minimum absolute atomic E-state index is 0.0659. The Bertz CT molecular complexity index is 440. The standard InChI is InChI=1S/C15H22N4O/c1-3-7-17-15(20)13(2)18-9-11-19(12-10-18)14-6-4-5-8-16-14/h3-6,8,13H,1,7,9-12H2,2H3,(H,17,20)/t13-/m0/s1. The lowest BCUT2D eigenvalue weighted by molar-refractivity contribution is -0.125. The van der Waals surface area contributed by atoms with E-state index in [2.05, 4.69) is 26.7 Å². The molecule has 0 unspecified atom stereocenters. The van der Waals surface area contributed by atoms with Gasteiger partial charge in [-0.15, -0.1) is 6.58 Å². The van der Waals surface area contributed by atoms with Crippen LogP contribution in [0.1, 0.15) is 6.92 Å². The van der Waals surface area contributed by atoms with Crippen molar-refractivity contribution in [2.24, 2.45) is 0 Å². The average molecular weight is 274 g/mol. The summed E-state index contributed by atoms with van der Waals surface area (Å²) < 4.78 is 0. The molecule has 0 spiro atoms. The molecule has 1 aliphatic heterocycles. The third kappa shape index (κ3) is 3.57. The molecule has 1 N–H and O–H groups in total. The summed E-state index contributed by atoms with van der Waals surface area (Å²) in [5.41, 5.74) is 0. The molecule has 1 fully saturated rings. The summed E-state index contributed by atoms with van der Waals surface area (Å²) >= 11 is 0. The molecule has 0 aromatic carbocycles. The molecule has 20 heavy (non-hydrogen) atoms. The van der Waals surface area contributed by atoms with Crippen LogP contribution in [0.3, 0.4) is 0 Å². The number of hydrogen-bond donors (Lipinski definition) is 1. The SMILES string of the molecule is C=CCNC(=O)[C@H](C)N1CCN(c2ccccn2)CC1. The molecule has 0 saturated carbocycles. The van der Waals surface area contributed by atoms with Crippen LogP contribution in [0.5, 0.6) is 0 Å². The lowest BCUT2D eigenvalue weighted by atomic mass is 10.2. The normalized spacial score (nSPS) is 17.6. The fraction of sp³-hybridized carbons (Fsp3) is 0.467. The van der Waals surface area contributed by atoms with Crippen molar-refractivity contribution in [3.63, 3.8) is 0 Å². The zero-order valence-corrected chi connectivity index (χ0v) is 12.0. The quantitative estimate of drug-likeness (QED) is 0.810. The molecule has 1 amide bonds. The summed E-state index contributed by atoms with van der Waals surface area (Å²) in [6.45, 7) is 9.63. The Morgan fingerprint density at radius 2 is 2.20 bits per heavy atom. The Morgan fingerprint density at radius 3 is 2.80 bits per heavy atom. The van der Waals surface area contributed by atoms with Crippen LogP contribution in [-0.4, -0.2) is 54.6 Å². The van der Waals surface area contributed by atoms with E-state index in [-0.39, 0.29) is 11.9 Å². The van der Waals surface area contributed by atoms with Gasteiger partial charge in [-0.05, 0) is 19.1 Å². The van der Waals surface area contributed by atoms with Crippen LogP contribution in [0, 0.1) is 0 Å². The first-order valence-corrected chi connectivity index (χ1v) is 7.01. The highest BCUT2D eigenvalue weighted by atomic mass is 16.2. The molecule has 2 heterocycles. The fourth-order valence-electron chi connectivity index (χ4n) is 2.37. The maximum absolute atomic E-state index is 11.9. The Hall–Kier alpha value is -1.88. The second-order valence-corrected chi connectivity index (χ2v) is 4.92. The number of amides is 1. The molecule has 0 bridgehead atoms. The van der Waals surface area contributed by atoms with E-state index in [9.17, 15) is 4.79 Å². The highest BCUT2D eigenvalue weighted by Crippen LogP contribution is 2.13. The summed E-state index contributed by atoms with van der Waals surface area (Å²) in [5, 5.41) is 2.85. The Labute approximate surface area is 120 Å². The minimum Gasteiger partial charge on any atom is -0.354 e. The van der Waals surface area contributed by atoms with Gasteiger partial charge >= 0.3 is 0 Å². The van der Waals surface area contributed by atoms with Gasteiger partial charge in [0.1, 0.15) is 5.82 Å². The van der Waals surface area contributed by atoms with Gasteiger partial charge in [0, 0.05) is 38.9 Å². The van der Waals surface area contributed by atoms with Crippen molar-refractivity contribution < 1.29 is 4.79 Å². The van der Waals surface area contributed by atoms with Crippen molar-refractivity contribution >= 4 is 11.7 Å². The number of carbonyl (C=O) groups is 1. The predicted molar refractivity (Wildman–Crippen MR) is 80.7 cm³/mol. The molecule has 5 heteroatoms. The first-order valence-electron chi connectivity index (χ1n) is 7.01. The van der Waals surface area contributed by atoms with Gasteiger partial charge in [-0.3, -0.25) is 9.69 Å². The van der Waals surface area contributed by atoms with Crippen molar-refractivity contribution in [1.82, 2.24) is 15.2 Å². The zero-order valence-electron chi connectivity index (χ0n) is 12.0. The molecule has 1 aromatic rings. The lowest BCUT2D eigenvalue weighted by Crippen LogP contribution is -2.54. The van der Waals surface area contributed by atoms with E-state index in [0.717, 1.165) is 32.0 Å². The molecule has 1 aromatic heterocycles. The summed E-state index contributed by atoms with van der Waals surface area (Å²) in [4.78, 5) is 20.8. The van der Waals surface area contributed by atoms with E-state index in [0.29, 0.717) is 6.54 Å². The summed E-state index contributed by atoms with van der Waals surface area (Å²) in [6.07, 6.45) is 3.51. The lowest BCUT2D eigenvalue weighted by Gasteiger charge is -2.37. The van der Waals surface area contributed by atoms with Crippen molar-refractivity contribution in [1.29, 1.82) is 0 Å². The van der Waals surface area contributed by atoms with Gasteiger partial charge in [-0.25, -0.2) is 4.98 Å². The molecule has 5 nitrogen and oxygen atoms in total. The molecular formula is C15H22N4O. The van der Waals surface area contributed by atoms with E-state index >= 15 is 0 Å². The smallest absolute Gasteiger partial charge is 0.237 e. The van der Waals surface area contributed by atoms with Gasteiger partial charge in [0.15, 0.2) is 0 Å². The monoisotopic (exact) mass is 274 g/mol. The van der Waals surface area contributed by atoms with Crippen LogP contribution in [0.25, 0.3) is 0 Å². The average Bonchev–Trinajstić information content (AvgIpc) is 2.53. The molecule has 108 valence electrons. The number of aromatic nitrogens is 1. The first kappa shape index (κ1) is 14.5. The zero-order chi connectivity index (χ0) is 14.4. The van der Waals surface area contributed by atoms with Crippen LogP contribution in [0.4, 0.5) is 5.82 Å². The topological polar surface area (TPSA) is 48.5 Å². The minimum atomic E-state index is -0.0965. The Kier molecular flexibility index (Phi) is 5.12. The maximum atomic E-state index is 11.9. The highest BCUT2D eigenvalue weighted by Gasteiger charge is 2.25. The molecule has 2 rings (SSSR count). The predicted octanol–water partition coefficient (Wildman–Crippen LogP) is 0.894. The summed E-state index contributed by atoms with van der Waals surface area (Å²) in [7, 11) is 0. The second kappa shape index (κ2) is 7.05. The summed E-state index contributed by atoms with van der Waals surface area (Å²) in [6, 6.07) is 5.85. The number of carbonyl (C=O) groups excluding carboxylic acids is 1. The van der Waals surface area contributed by atoms with Gasteiger partial charge in [-0.2, -0.15) is 0 Å². The number of piperazine rings is 1. The molecule has 0 radical (unpaired) electrons. The van der Waals surface area contributed by atoms with Crippen molar-refractivity contribution in [2.45, 2.75) is 13.0 Å². The van der Waals surface area contributed by atoms with Crippen LogP contribution < -0.4 is 10.2 Å². The maximum Gasteiger partial charge on any atom is 0.237 e. The van der Waals surface area contributed by atoms with Crippen LogP contribution in [-0.2, 0) is 4.79 Å². The molecule has 1 atom stereocenters. The van der Waals surface area contributed by atoms with E-state index in [4.69, 9.17) is 0 Å². The Morgan fingerprint density at radius 1 is 1.45 bits per heavy atom. The number of nitrogens with one attached hydrogen (secondary N) is 1. The molecular weight excluding hydrogens is 252 g/mol. The summed E-state index contributed by atoms with van der Waals surface area (Å²) in [5.74, 6) is 1.08. The molecule has 1 saturated heterocycles. The number of nitrogens with zero attached hydrogens (tertiary/aromatic N) is 3. The van der Waals surface area contributed by atoms with Crippen molar-refractivity contribution in [3.8, 4) is 0 Å². The third-order valence-electron chi connectivity index (χ3n) is 3.64. The van der Waals surface area contributed by atoms with Crippen molar-refractivity contribution in [3.05, 3.63) is 37.1 Å². The number of rotatable bonds is 5. The first-order chi connectivity index (χ1) is 9.72. The number of pyridine rings is 1. The highest BCUT2D eigenvalue weighted by molar-refractivity contribution is 5.81. The van der Waals surface area contributed by atoms with Gasteiger partial charge < -0.3 is 10.2 Å². The van der Waals surface area contributed by atoms with Gasteiger partial charge in [0.2, 0.25) is 5.91 Å².